The molecule has 6 aromatic heterocycles. The van der Waals surface area contributed by atoms with Crippen LogP contribution in [0.5, 0.6) is 0 Å². The third-order valence-electron chi connectivity index (χ3n) is 13.3. The van der Waals surface area contributed by atoms with Gasteiger partial charge in [-0.25, -0.2) is 55.3 Å². The molecule has 9 rings (SSSR count). The van der Waals surface area contributed by atoms with Crippen LogP contribution in [0, 0.1) is 0 Å². The van der Waals surface area contributed by atoms with Gasteiger partial charge in [-0.05, 0) is 7.05 Å². The minimum Gasteiger partial charge on any atom is -0.387 e. The Bertz CT molecular complexity index is 4510. The van der Waals surface area contributed by atoms with Crippen molar-refractivity contribution in [1.82, 2.24) is 69.0 Å². The first-order chi connectivity index (χ1) is 48.9. The van der Waals surface area contributed by atoms with Crippen molar-refractivity contribution in [2.75, 3.05) is 88.9 Å². The Morgan fingerprint density at radius 1 is 0.453 bits per heavy atom. The number of hydrogen-bond donors (Lipinski definition) is 24. The van der Waals surface area contributed by atoms with Crippen LogP contribution in [-0.4, -0.2) is 260 Å². The monoisotopic (exact) mass is 1740 g/mol. The Hall–Kier alpha value is -3.82. The van der Waals surface area contributed by atoms with Gasteiger partial charge in [0.15, 0.2) is 52.2 Å². The van der Waals surface area contributed by atoms with E-state index in [2.05, 4.69) is 104 Å². The maximum absolute atomic E-state index is 12.1. The molecule has 28 N–H and O–H groups in total. The summed E-state index contributed by atoms with van der Waals surface area (Å²) in [5.41, 5.74) is 18.8. The number of nitrogen functional groups attached to an aromatic ring is 3. The molecule has 3 aliphatic rings. The van der Waals surface area contributed by atoms with Gasteiger partial charge in [0.25, 0.3) is 16.7 Å². The molecule has 57 nitrogen and oxygen atoms in total. The van der Waals surface area contributed by atoms with Crippen molar-refractivity contribution in [1.29, 1.82) is 0 Å². The second-order valence-electron chi connectivity index (χ2n) is 21.1. The molecule has 0 aliphatic carbocycles. The van der Waals surface area contributed by atoms with Crippen molar-refractivity contribution in [3.8, 4) is 0 Å². The number of phosphoric ester groups is 3. The van der Waals surface area contributed by atoms with Crippen molar-refractivity contribution in [2.24, 2.45) is 5.73 Å². The number of anilines is 3. The lowest BCUT2D eigenvalue weighted by Crippen LogP contribution is -2.33. The highest BCUT2D eigenvalue weighted by molar-refractivity contribution is 7.69. The van der Waals surface area contributed by atoms with E-state index in [0.717, 1.165) is 32.7 Å². The number of nitrogens with two attached hydrogens (primary N) is 4. The zero-order chi connectivity index (χ0) is 79.8. The van der Waals surface area contributed by atoms with E-state index in [9.17, 15) is 130 Å². The predicted molar refractivity (Wildman–Crippen MR) is 359 cm³/mol. The molecule has 602 valence electrons. The summed E-state index contributed by atoms with van der Waals surface area (Å²) in [5.74, 6) is -0.784. The van der Waals surface area contributed by atoms with Crippen LogP contribution in [0.15, 0.2) is 33.4 Å². The SMILES string of the molecule is CNCCP(=O)(O)OP(=O)(O)OP(=O)(O)OCC1OC(n2cnc3c(=O)[nH]c(N)nc32)C(O)C1O.CP.NCCP(=O)(O)OP(=O)(O)OP(=O)(O)OCC1OC(n2cnc3c(=O)[nH]c(N)nc32)C(O)C1O.Nc1nc2c(ncn2C2OC(COP(=O)(O)OP(=O)(O)OP(=O)(O)CCNP)C(O)C2O)c(=O)[nH]1. The Morgan fingerprint density at radius 2 is 0.717 bits per heavy atom. The highest BCUT2D eigenvalue weighted by atomic mass is 31.3. The number of fused-ring (bicyclic) bond motifs is 3. The van der Waals surface area contributed by atoms with E-state index in [0.29, 0.717) is 0 Å². The average molecular weight is 1740 g/mol. The molecule has 3 saturated heterocycles. The van der Waals surface area contributed by atoms with Crippen LogP contribution < -0.4 is 50.0 Å². The lowest BCUT2D eigenvalue weighted by atomic mass is 10.1. The van der Waals surface area contributed by atoms with Crippen LogP contribution in [-0.2, 0) is 94.7 Å². The molecule has 0 radical (unpaired) electrons. The summed E-state index contributed by atoms with van der Waals surface area (Å²) in [6.45, 7) is -1.56. The van der Waals surface area contributed by atoms with Gasteiger partial charge in [-0.2, -0.15) is 27.9 Å². The number of ether oxygens (including phenoxy) is 3. The van der Waals surface area contributed by atoms with E-state index < -0.39 is 205 Å². The number of nitrogens with one attached hydrogen (secondary N) is 5. The molecule has 3 aliphatic heterocycles. The molecule has 68 heteroatoms. The molecule has 0 saturated carbocycles. The van der Waals surface area contributed by atoms with E-state index in [1.165, 1.54) is 7.05 Å². The van der Waals surface area contributed by atoms with Gasteiger partial charge < -0.3 is 122 Å². The molecule has 9 heterocycles. The fourth-order valence-corrected chi connectivity index (χ4v) is 21.3. The van der Waals surface area contributed by atoms with Gasteiger partial charge in [0.05, 0.1) is 57.3 Å². The minimum absolute atomic E-state index is 0.0792. The third-order valence-corrected chi connectivity index (χ3v) is 27.9. The van der Waals surface area contributed by atoms with Crippen molar-refractivity contribution < 1.29 is 169 Å². The minimum atomic E-state index is -5.57. The third kappa shape index (κ3) is 24.8. The Labute approximate surface area is 594 Å². The number of aromatic nitrogens is 12. The molecule has 3 fully saturated rings. The van der Waals surface area contributed by atoms with E-state index >= 15 is 0 Å². The number of aliphatic hydroxyl groups excluding tert-OH is 6. The number of aliphatic hydroxyl groups is 6. The first-order valence-electron chi connectivity index (χ1n) is 28.7. The van der Waals surface area contributed by atoms with Crippen molar-refractivity contribution in [3.63, 3.8) is 0 Å². The van der Waals surface area contributed by atoms with Crippen molar-refractivity contribution in [3.05, 3.63) is 50.0 Å². The molecule has 106 heavy (non-hydrogen) atoms. The molecular weight excluding hydrogens is 1670 g/mol. The van der Waals surface area contributed by atoms with Gasteiger partial charge in [-0.1, -0.05) is 16.1 Å². The number of imidazole rings is 3. The van der Waals surface area contributed by atoms with Gasteiger partial charge in [0.1, 0.15) is 54.9 Å². The van der Waals surface area contributed by atoms with Gasteiger partial charge in [-0.15, -0.1) is 9.24 Å². The largest absolute Gasteiger partial charge is 0.488 e. The summed E-state index contributed by atoms with van der Waals surface area (Å²) in [4.78, 5) is 152. The molecule has 0 aromatic carbocycles. The summed E-state index contributed by atoms with van der Waals surface area (Å²) in [6.07, 6.45) is -17.6. The zero-order valence-corrected chi connectivity index (χ0v) is 63.9. The highest BCUT2D eigenvalue weighted by Crippen LogP contribution is 2.70. The summed E-state index contributed by atoms with van der Waals surface area (Å²) < 4.78 is 164. The topological polar surface area (TPSA) is 887 Å². The van der Waals surface area contributed by atoms with Gasteiger partial charge in [0, 0.05) is 19.6 Å². The van der Waals surface area contributed by atoms with Crippen LogP contribution in [0.1, 0.15) is 18.7 Å². The first kappa shape index (κ1) is 91.1. The molecule has 0 spiro atoms. The standard InChI is InChI=1S/C13H23N6O13P3.C12H22N6O13P4.C12H21N6O13P3.CH5P/c1-15-2-3-33(23,24)31-35(27,28)32-34(25,26)29-4-6-8(20)9(21)12(30-6)19-5-16-7-10(19)17-13(14)18-11(7)22;13-12-16-9-6(10(21)17-12)14-4-18(9)11-8(20)7(19)5(29-11)3-28-34(24,25)31-35(26,27)30-33(22,23)2-1-15-32;13-1-2-32(22,23)30-34(26,27)31-33(24,25)28-3-5-7(19)8(20)11(29-5)18-4-15-6-9(18)16-12(14)17-10(6)21;1-2/h5-6,8-9,12,15,20-21H,2-4H2,1H3,(H,23,24)(H,25,26)(H,27,28)(H3,14,17,18,22);4-5,7-8,11,15,19-20H,1-3,32H2,(H,22,23)(H,24,25)(H,26,27)(H3,13,16,17,21);4-5,7-8,11,19-20H,1-3,13H2,(H,22,23)(H,24,25)(H,26,27)(H3,14,16,17,21);2H2,1H3. The Morgan fingerprint density at radius 3 is 0.972 bits per heavy atom. The molecule has 0 amide bonds. The van der Waals surface area contributed by atoms with Crippen LogP contribution in [0.25, 0.3) is 33.5 Å². The van der Waals surface area contributed by atoms with Crippen LogP contribution in [0.3, 0.4) is 0 Å². The number of phosphoric acid groups is 6. The normalized spacial score (nSPS) is 27.6. The van der Waals surface area contributed by atoms with E-state index in [-0.39, 0.29) is 64.4 Å². The second kappa shape index (κ2) is 36.8. The average Bonchev–Trinajstić information content (AvgIpc) is 1.63. The fraction of sp³-hybridized carbons (Fsp3) is 0.605. The molecular formula is C38H71N18O39P11. The summed E-state index contributed by atoms with van der Waals surface area (Å²) >= 11 is 0. The first-order valence-corrected chi connectivity index (χ1v) is 44.6. The van der Waals surface area contributed by atoms with E-state index in [1.807, 2.05) is 16.1 Å². The molecule has 0 bridgehead atoms. The lowest BCUT2D eigenvalue weighted by Gasteiger charge is -2.20. The van der Waals surface area contributed by atoms with Crippen molar-refractivity contribution >= 4 is 140 Å². The van der Waals surface area contributed by atoms with Crippen molar-refractivity contribution in [2.45, 2.75) is 73.6 Å². The van der Waals surface area contributed by atoms with Gasteiger partial charge >= 0.3 is 69.7 Å². The van der Waals surface area contributed by atoms with Crippen LogP contribution >= 0.6 is 88.4 Å². The number of rotatable bonds is 32. The number of hydrogen-bond acceptors (Lipinski definition) is 42. The van der Waals surface area contributed by atoms with Crippen LogP contribution in [0.2, 0.25) is 0 Å². The van der Waals surface area contributed by atoms with E-state index in [1.54, 1.807) is 0 Å². The number of aromatic amines is 3. The Kier molecular flexibility index (Phi) is 31.6. The molecule has 23 unspecified atom stereocenters. The quantitative estimate of drug-likeness (QED) is 0.0175. The number of nitrogens with zero attached hydrogens (tertiary/aromatic N) is 9. The fourth-order valence-electron chi connectivity index (χ4n) is 8.92. The maximum atomic E-state index is 12.1. The predicted octanol–water partition coefficient (Wildman–Crippen LogP) is -5.68. The van der Waals surface area contributed by atoms with Gasteiger partial charge in [0.2, 0.25) is 17.8 Å². The zero-order valence-electron chi connectivity index (χ0n) is 53.5. The maximum Gasteiger partial charge on any atom is 0.488 e. The summed E-state index contributed by atoms with van der Waals surface area (Å²) in [7, 11) is -41.1. The summed E-state index contributed by atoms with van der Waals surface area (Å²) in [6, 6.07) is 0. The molecule has 23 atom stereocenters. The highest BCUT2D eigenvalue weighted by Gasteiger charge is 2.51. The smallest absolute Gasteiger partial charge is 0.387 e. The summed E-state index contributed by atoms with van der Waals surface area (Å²) in [5, 5.41) is 66.7. The second-order valence-corrected chi connectivity index (χ2v) is 37.0. The molecule has 6 aromatic rings. The number of H-pyrrole nitrogens is 3. The van der Waals surface area contributed by atoms with Gasteiger partial charge in [-0.3, -0.25) is 70.3 Å². The van der Waals surface area contributed by atoms with E-state index in [4.69, 9.17) is 37.1 Å². The van der Waals surface area contributed by atoms with Crippen LogP contribution in [0.4, 0.5) is 17.8 Å². The lowest BCUT2D eigenvalue weighted by molar-refractivity contribution is -0.0503. The Balaban J connectivity index is 0.000000246.